The van der Waals surface area contributed by atoms with E-state index in [1.54, 1.807) is 31.2 Å². The van der Waals surface area contributed by atoms with Gasteiger partial charge >= 0.3 is 6.18 Å². The van der Waals surface area contributed by atoms with Crippen molar-refractivity contribution in [3.63, 3.8) is 0 Å². The van der Waals surface area contributed by atoms with Gasteiger partial charge in [-0.1, -0.05) is 23.7 Å². The Morgan fingerprint density at radius 2 is 1.83 bits per heavy atom. The van der Waals surface area contributed by atoms with Crippen molar-refractivity contribution in [1.82, 2.24) is 9.97 Å². The molecule has 1 aliphatic rings. The fourth-order valence-corrected chi connectivity index (χ4v) is 3.03. The van der Waals surface area contributed by atoms with E-state index in [1.807, 2.05) is 0 Å². The van der Waals surface area contributed by atoms with E-state index in [-0.39, 0.29) is 24.3 Å². The Kier molecular flexibility index (Phi) is 3.96. The van der Waals surface area contributed by atoms with Crippen molar-refractivity contribution in [2.75, 3.05) is 0 Å². The van der Waals surface area contributed by atoms with Crippen LogP contribution in [0.2, 0.25) is 5.02 Å². The summed E-state index contributed by atoms with van der Waals surface area (Å²) in [6.45, 7) is 1.62. The predicted octanol–water partition coefficient (Wildman–Crippen LogP) is 4.45. The molecule has 0 radical (unpaired) electrons. The molecule has 0 bridgehead atoms. The van der Waals surface area contributed by atoms with Crippen LogP contribution < -0.4 is 5.56 Å². The molecule has 122 valence electrons. The molecule has 2 aromatic rings. The lowest BCUT2D eigenvalue weighted by atomic mass is 9.71. The number of aromatic nitrogens is 2. The number of halogens is 4. The molecule has 1 saturated carbocycles. The summed E-state index contributed by atoms with van der Waals surface area (Å²) in [4.78, 5) is 19.2. The molecule has 0 amide bonds. The molecule has 3 nitrogen and oxygen atoms in total. The van der Waals surface area contributed by atoms with Crippen LogP contribution in [0.15, 0.2) is 29.1 Å². The minimum atomic E-state index is -4.19. The molecular weight excluding hydrogens is 329 g/mol. The van der Waals surface area contributed by atoms with Crippen LogP contribution in [0.3, 0.4) is 0 Å². The summed E-state index contributed by atoms with van der Waals surface area (Å²) < 4.78 is 38.1. The molecular formula is C16H14ClF3N2O. The van der Waals surface area contributed by atoms with Gasteiger partial charge in [-0.3, -0.25) is 4.79 Å². The summed E-state index contributed by atoms with van der Waals surface area (Å²) in [6.07, 6.45) is -4.24. The lowest BCUT2D eigenvalue weighted by Crippen LogP contribution is -2.36. The molecule has 1 heterocycles. The number of hydrogen-bond acceptors (Lipinski definition) is 2. The number of H-pyrrole nitrogens is 1. The van der Waals surface area contributed by atoms with Crippen LogP contribution in [0, 0.1) is 12.8 Å². The third-order valence-electron chi connectivity index (χ3n) is 4.19. The third kappa shape index (κ3) is 3.13. The normalized spacial score (nSPS) is 21.1. The Hall–Kier alpha value is -1.82. The Morgan fingerprint density at radius 1 is 1.22 bits per heavy atom. The minimum Gasteiger partial charge on any atom is -0.310 e. The number of aromatic amines is 1. The number of nitrogens with zero attached hydrogens (tertiary/aromatic N) is 1. The second kappa shape index (κ2) is 5.67. The highest BCUT2D eigenvalue weighted by Gasteiger charge is 2.49. The van der Waals surface area contributed by atoms with E-state index in [4.69, 9.17) is 11.6 Å². The summed E-state index contributed by atoms with van der Waals surface area (Å²) >= 11 is 5.85. The maximum atomic E-state index is 12.7. The molecule has 0 aliphatic heterocycles. The molecule has 0 saturated heterocycles. The maximum absolute atomic E-state index is 12.7. The van der Waals surface area contributed by atoms with Gasteiger partial charge in [0.15, 0.2) is 0 Å². The zero-order valence-electron chi connectivity index (χ0n) is 12.2. The summed E-state index contributed by atoms with van der Waals surface area (Å²) in [5.74, 6) is -1.27. The quantitative estimate of drug-likeness (QED) is 0.876. The van der Waals surface area contributed by atoms with Gasteiger partial charge in [-0.2, -0.15) is 13.2 Å². The zero-order valence-corrected chi connectivity index (χ0v) is 13.0. The van der Waals surface area contributed by atoms with Crippen LogP contribution >= 0.6 is 11.6 Å². The average molecular weight is 343 g/mol. The van der Waals surface area contributed by atoms with E-state index in [0.29, 0.717) is 27.7 Å². The summed E-state index contributed by atoms with van der Waals surface area (Å²) in [6, 6.07) is 6.62. The first kappa shape index (κ1) is 16.1. The first-order valence-corrected chi connectivity index (χ1v) is 7.57. The van der Waals surface area contributed by atoms with Gasteiger partial charge in [-0.05, 0) is 37.5 Å². The average Bonchev–Trinajstić information content (AvgIpc) is 2.36. The van der Waals surface area contributed by atoms with Gasteiger partial charge < -0.3 is 4.98 Å². The topological polar surface area (TPSA) is 45.8 Å². The van der Waals surface area contributed by atoms with Crippen LogP contribution in [-0.2, 0) is 0 Å². The summed E-state index contributed by atoms with van der Waals surface area (Å²) in [5.41, 5.74) is 1.03. The highest BCUT2D eigenvalue weighted by molar-refractivity contribution is 6.30. The maximum Gasteiger partial charge on any atom is 0.391 e. The van der Waals surface area contributed by atoms with Crippen LogP contribution in [0.25, 0.3) is 11.1 Å². The van der Waals surface area contributed by atoms with Crippen molar-refractivity contribution in [2.24, 2.45) is 5.92 Å². The highest BCUT2D eigenvalue weighted by Crippen LogP contribution is 2.50. The molecule has 1 fully saturated rings. The van der Waals surface area contributed by atoms with E-state index < -0.39 is 12.1 Å². The summed E-state index contributed by atoms with van der Waals surface area (Å²) in [5, 5.41) is 0.521. The number of hydrogen-bond donors (Lipinski definition) is 1. The standard InChI is InChI=1S/C16H14ClF3N2O/c1-8-21-14(10-6-11(7-10)16(18,19)20)13(15(23)22-8)9-2-4-12(17)5-3-9/h2-5,10-11H,6-7H2,1H3,(H,21,22,23). The predicted molar refractivity (Wildman–Crippen MR) is 81.6 cm³/mol. The second-order valence-electron chi connectivity index (χ2n) is 5.83. The Labute approximate surface area is 135 Å². The van der Waals surface area contributed by atoms with Gasteiger partial charge in [-0.25, -0.2) is 4.98 Å². The lowest BCUT2D eigenvalue weighted by Gasteiger charge is -2.36. The molecule has 23 heavy (non-hydrogen) atoms. The molecule has 0 atom stereocenters. The van der Waals surface area contributed by atoms with Crippen molar-refractivity contribution in [3.05, 3.63) is 51.2 Å². The first-order valence-electron chi connectivity index (χ1n) is 7.19. The van der Waals surface area contributed by atoms with Gasteiger partial charge in [0.05, 0.1) is 17.2 Å². The van der Waals surface area contributed by atoms with Gasteiger partial charge in [0.25, 0.3) is 5.56 Å². The van der Waals surface area contributed by atoms with Gasteiger partial charge in [0.2, 0.25) is 0 Å². The van der Waals surface area contributed by atoms with E-state index in [9.17, 15) is 18.0 Å². The number of aryl methyl sites for hydroxylation is 1. The van der Waals surface area contributed by atoms with Gasteiger partial charge in [0, 0.05) is 10.9 Å². The molecule has 1 aromatic carbocycles. The molecule has 1 aliphatic carbocycles. The molecule has 7 heteroatoms. The number of nitrogens with one attached hydrogen (secondary N) is 1. The van der Waals surface area contributed by atoms with Crippen LogP contribution in [0.1, 0.15) is 30.3 Å². The molecule has 1 aromatic heterocycles. The molecule has 0 unspecified atom stereocenters. The van der Waals surface area contributed by atoms with E-state index in [2.05, 4.69) is 9.97 Å². The minimum absolute atomic E-state index is 0.0278. The highest BCUT2D eigenvalue weighted by atomic mass is 35.5. The van der Waals surface area contributed by atoms with Crippen molar-refractivity contribution < 1.29 is 13.2 Å². The van der Waals surface area contributed by atoms with Crippen molar-refractivity contribution in [2.45, 2.75) is 31.9 Å². The Balaban J connectivity index is 2.01. The number of benzene rings is 1. The molecule has 3 rings (SSSR count). The van der Waals surface area contributed by atoms with E-state index in [0.717, 1.165) is 0 Å². The Morgan fingerprint density at radius 3 is 2.39 bits per heavy atom. The van der Waals surface area contributed by atoms with Crippen molar-refractivity contribution >= 4 is 11.6 Å². The van der Waals surface area contributed by atoms with Gasteiger partial charge in [0.1, 0.15) is 5.82 Å². The summed E-state index contributed by atoms with van der Waals surface area (Å²) in [7, 11) is 0. The molecule has 0 spiro atoms. The van der Waals surface area contributed by atoms with Gasteiger partial charge in [-0.15, -0.1) is 0 Å². The smallest absolute Gasteiger partial charge is 0.310 e. The number of rotatable bonds is 2. The third-order valence-corrected chi connectivity index (χ3v) is 4.44. The fraction of sp³-hybridized carbons (Fsp3) is 0.375. The first-order chi connectivity index (χ1) is 10.8. The Bertz CT molecular complexity index is 777. The van der Waals surface area contributed by atoms with Crippen LogP contribution in [0.4, 0.5) is 13.2 Å². The largest absolute Gasteiger partial charge is 0.391 e. The zero-order chi connectivity index (χ0) is 16.8. The van der Waals surface area contributed by atoms with Crippen LogP contribution in [0.5, 0.6) is 0 Å². The van der Waals surface area contributed by atoms with Crippen LogP contribution in [-0.4, -0.2) is 16.1 Å². The van der Waals surface area contributed by atoms with Crippen molar-refractivity contribution in [1.29, 1.82) is 0 Å². The molecule has 1 N–H and O–H groups in total. The number of alkyl halides is 3. The van der Waals surface area contributed by atoms with E-state index >= 15 is 0 Å². The van der Waals surface area contributed by atoms with E-state index in [1.165, 1.54) is 0 Å². The SMILES string of the molecule is Cc1nc(C2CC(C(F)(F)F)C2)c(-c2ccc(Cl)cc2)c(=O)[nH]1. The monoisotopic (exact) mass is 342 g/mol. The lowest BCUT2D eigenvalue weighted by molar-refractivity contribution is -0.197. The second-order valence-corrected chi connectivity index (χ2v) is 6.26. The fourth-order valence-electron chi connectivity index (χ4n) is 2.91. The van der Waals surface area contributed by atoms with Crippen molar-refractivity contribution in [3.8, 4) is 11.1 Å².